The topological polar surface area (TPSA) is 21.3 Å². The lowest BCUT2D eigenvalue weighted by Gasteiger charge is -2.36. The molecule has 3 heteroatoms. The molecule has 1 aromatic carbocycles. The fraction of sp³-hybridized carbons (Fsp3) is 0.625. The second-order valence-corrected chi connectivity index (χ2v) is 5.34. The van der Waals surface area contributed by atoms with E-state index >= 15 is 0 Å². The van der Waals surface area contributed by atoms with Gasteiger partial charge in [-0.05, 0) is 55.8 Å². The summed E-state index contributed by atoms with van der Waals surface area (Å²) in [6.45, 7) is 4.86. The summed E-state index contributed by atoms with van der Waals surface area (Å²) in [4.78, 5) is 0. The van der Waals surface area contributed by atoms with Gasteiger partial charge >= 0.3 is 0 Å². The zero-order valence-electron chi connectivity index (χ0n) is 11.7. The first kappa shape index (κ1) is 14.5. The fourth-order valence-electron chi connectivity index (χ4n) is 2.54. The second kappa shape index (κ2) is 7.61. The lowest BCUT2D eigenvalue weighted by Crippen LogP contribution is -2.40. The molecule has 0 bridgehead atoms. The van der Waals surface area contributed by atoms with Crippen LogP contribution in [0, 0.1) is 5.82 Å². The summed E-state index contributed by atoms with van der Waals surface area (Å²) in [5, 5.41) is 3.54. The average molecular weight is 265 g/mol. The van der Waals surface area contributed by atoms with Gasteiger partial charge in [-0.1, -0.05) is 19.1 Å². The molecule has 19 heavy (non-hydrogen) atoms. The van der Waals surface area contributed by atoms with Crippen LogP contribution in [0.25, 0.3) is 0 Å². The molecule has 0 spiro atoms. The highest BCUT2D eigenvalue weighted by atomic mass is 19.1. The maximum Gasteiger partial charge on any atom is 0.123 e. The number of hydrogen-bond acceptors (Lipinski definition) is 2. The maximum atomic E-state index is 13.1. The molecule has 0 saturated heterocycles. The molecule has 1 N–H and O–H groups in total. The summed E-state index contributed by atoms with van der Waals surface area (Å²) in [5.74, 6) is 0.409. The third-order valence-electron chi connectivity index (χ3n) is 3.71. The number of benzene rings is 1. The van der Waals surface area contributed by atoms with Gasteiger partial charge in [0.15, 0.2) is 0 Å². The van der Waals surface area contributed by atoms with Gasteiger partial charge in [0.25, 0.3) is 0 Å². The minimum absolute atomic E-state index is 0.123. The van der Waals surface area contributed by atoms with Gasteiger partial charge < -0.3 is 10.1 Å². The molecule has 106 valence electrons. The molecule has 1 aromatic rings. The summed E-state index contributed by atoms with van der Waals surface area (Å²) in [6.07, 6.45) is 4.41. The van der Waals surface area contributed by atoms with Crippen molar-refractivity contribution in [2.45, 2.75) is 44.6 Å². The van der Waals surface area contributed by atoms with Crippen LogP contribution in [0.2, 0.25) is 0 Å². The van der Waals surface area contributed by atoms with Crippen molar-refractivity contribution in [3.63, 3.8) is 0 Å². The van der Waals surface area contributed by atoms with Gasteiger partial charge in [-0.15, -0.1) is 0 Å². The largest absolute Gasteiger partial charge is 0.381 e. The molecule has 0 aromatic heterocycles. The van der Waals surface area contributed by atoms with E-state index in [1.165, 1.54) is 6.07 Å². The number of nitrogens with one attached hydrogen (secondary N) is 1. The van der Waals surface area contributed by atoms with Crippen LogP contribution in [0.5, 0.6) is 0 Å². The Morgan fingerprint density at radius 1 is 1.32 bits per heavy atom. The SMILES string of the molecule is CCCOCCCNC1CC(c2cccc(F)c2)C1. The molecule has 1 saturated carbocycles. The molecule has 0 amide bonds. The van der Waals surface area contributed by atoms with E-state index in [1.807, 2.05) is 6.07 Å². The smallest absolute Gasteiger partial charge is 0.123 e. The first-order chi connectivity index (χ1) is 9.29. The summed E-state index contributed by atoms with van der Waals surface area (Å²) < 4.78 is 18.5. The lowest BCUT2D eigenvalue weighted by atomic mass is 9.76. The van der Waals surface area contributed by atoms with E-state index in [4.69, 9.17) is 4.74 Å². The minimum Gasteiger partial charge on any atom is -0.381 e. The molecule has 2 nitrogen and oxygen atoms in total. The lowest BCUT2D eigenvalue weighted by molar-refractivity contribution is 0.130. The minimum atomic E-state index is -0.123. The standard InChI is InChI=1S/C16H24FNO/c1-2-8-19-9-4-7-18-16-11-14(12-16)13-5-3-6-15(17)10-13/h3,5-6,10,14,16,18H,2,4,7-9,11-12H2,1H3. The Morgan fingerprint density at radius 2 is 2.16 bits per heavy atom. The molecule has 1 fully saturated rings. The summed E-state index contributed by atoms with van der Waals surface area (Å²) in [6, 6.07) is 7.60. The predicted molar refractivity (Wildman–Crippen MR) is 75.9 cm³/mol. The maximum absolute atomic E-state index is 13.1. The van der Waals surface area contributed by atoms with Crippen LogP contribution >= 0.6 is 0 Å². The van der Waals surface area contributed by atoms with E-state index in [2.05, 4.69) is 12.2 Å². The van der Waals surface area contributed by atoms with Crippen LogP contribution in [-0.4, -0.2) is 25.8 Å². The molecule has 0 unspecified atom stereocenters. The number of halogens is 1. The van der Waals surface area contributed by atoms with Crippen molar-refractivity contribution in [3.8, 4) is 0 Å². The second-order valence-electron chi connectivity index (χ2n) is 5.34. The van der Waals surface area contributed by atoms with Crippen molar-refractivity contribution < 1.29 is 9.13 Å². The van der Waals surface area contributed by atoms with Crippen LogP contribution < -0.4 is 5.32 Å². The number of ether oxygens (including phenoxy) is 1. The van der Waals surface area contributed by atoms with E-state index in [-0.39, 0.29) is 5.82 Å². The first-order valence-corrected chi connectivity index (χ1v) is 7.36. The highest BCUT2D eigenvalue weighted by Gasteiger charge is 2.29. The summed E-state index contributed by atoms with van der Waals surface area (Å²) in [5.41, 5.74) is 1.14. The van der Waals surface area contributed by atoms with Gasteiger partial charge in [-0.25, -0.2) is 4.39 Å². The van der Waals surface area contributed by atoms with E-state index in [0.717, 1.165) is 51.0 Å². The van der Waals surface area contributed by atoms with E-state index < -0.39 is 0 Å². The molecule has 0 heterocycles. The van der Waals surface area contributed by atoms with Crippen LogP contribution in [0.15, 0.2) is 24.3 Å². The Balaban J connectivity index is 1.56. The van der Waals surface area contributed by atoms with Gasteiger partial charge in [0.1, 0.15) is 5.82 Å². The van der Waals surface area contributed by atoms with Crippen molar-refractivity contribution in [1.29, 1.82) is 0 Å². The van der Waals surface area contributed by atoms with E-state index in [9.17, 15) is 4.39 Å². The van der Waals surface area contributed by atoms with Crippen molar-refractivity contribution in [3.05, 3.63) is 35.6 Å². The van der Waals surface area contributed by atoms with Crippen LogP contribution in [-0.2, 0) is 4.74 Å². The van der Waals surface area contributed by atoms with E-state index in [0.29, 0.717) is 12.0 Å². The molecule has 1 aliphatic carbocycles. The molecular weight excluding hydrogens is 241 g/mol. The highest BCUT2D eigenvalue weighted by Crippen LogP contribution is 2.36. The Kier molecular flexibility index (Phi) is 5.80. The molecular formula is C16H24FNO. The van der Waals surface area contributed by atoms with Gasteiger partial charge in [0, 0.05) is 19.3 Å². The van der Waals surface area contributed by atoms with Crippen LogP contribution in [0.4, 0.5) is 4.39 Å². The average Bonchev–Trinajstić information content (AvgIpc) is 2.35. The molecule has 1 aliphatic rings. The Bertz CT molecular complexity index is 377. The first-order valence-electron chi connectivity index (χ1n) is 7.36. The predicted octanol–water partition coefficient (Wildman–Crippen LogP) is 3.48. The Hall–Kier alpha value is -0.930. The summed E-state index contributed by atoms with van der Waals surface area (Å²) >= 11 is 0. The van der Waals surface area contributed by atoms with Crippen LogP contribution in [0.1, 0.15) is 44.1 Å². The zero-order valence-corrected chi connectivity index (χ0v) is 11.7. The highest BCUT2D eigenvalue weighted by molar-refractivity contribution is 5.23. The fourth-order valence-corrected chi connectivity index (χ4v) is 2.54. The summed E-state index contributed by atoms with van der Waals surface area (Å²) in [7, 11) is 0. The Labute approximate surface area is 115 Å². The number of hydrogen-bond donors (Lipinski definition) is 1. The molecule has 0 radical (unpaired) electrons. The monoisotopic (exact) mass is 265 g/mol. The third kappa shape index (κ3) is 4.59. The number of rotatable bonds is 8. The van der Waals surface area contributed by atoms with Crippen molar-refractivity contribution >= 4 is 0 Å². The quantitative estimate of drug-likeness (QED) is 0.727. The molecule has 2 rings (SSSR count). The Morgan fingerprint density at radius 3 is 2.89 bits per heavy atom. The molecule has 0 atom stereocenters. The van der Waals surface area contributed by atoms with Gasteiger partial charge in [-0.2, -0.15) is 0 Å². The van der Waals surface area contributed by atoms with Crippen molar-refractivity contribution in [2.24, 2.45) is 0 Å². The normalized spacial score (nSPS) is 22.2. The van der Waals surface area contributed by atoms with Crippen molar-refractivity contribution in [2.75, 3.05) is 19.8 Å². The van der Waals surface area contributed by atoms with Crippen molar-refractivity contribution in [1.82, 2.24) is 5.32 Å². The third-order valence-corrected chi connectivity index (χ3v) is 3.71. The zero-order chi connectivity index (χ0) is 13.5. The molecule has 0 aliphatic heterocycles. The van der Waals surface area contributed by atoms with Gasteiger partial charge in [0.2, 0.25) is 0 Å². The van der Waals surface area contributed by atoms with Gasteiger partial charge in [-0.3, -0.25) is 0 Å². The van der Waals surface area contributed by atoms with Crippen LogP contribution in [0.3, 0.4) is 0 Å². The van der Waals surface area contributed by atoms with E-state index in [1.54, 1.807) is 12.1 Å². The van der Waals surface area contributed by atoms with Gasteiger partial charge in [0.05, 0.1) is 0 Å².